The highest BCUT2D eigenvalue weighted by atomic mass is 32.2. The first-order valence-corrected chi connectivity index (χ1v) is 13.7. The minimum absolute atomic E-state index is 0.190. The number of halogens is 1. The molecule has 0 saturated carbocycles. The van der Waals surface area contributed by atoms with Crippen LogP contribution in [0.15, 0.2) is 58.3 Å². The van der Waals surface area contributed by atoms with E-state index in [-0.39, 0.29) is 16.3 Å². The first kappa shape index (κ1) is 22.1. The van der Waals surface area contributed by atoms with Crippen molar-refractivity contribution in [3.63, 3.8) is 0 Å². The summed E-state index contributed by atoms with van der Waals surface area (Å²) in [4.78, 5) is 1.88. The molecule has 0 saturated heterocycles. The Balaban J connectivity index is 1.96. The molecule has 0 atom stereocenters. The van der Waals surface area contributed by atoms with E-state index in [1.807, 2.05) is 20.8 Å². The molecule has 5 nitrogen and oxygen atoms in total. The third-order valence-corrected chi connectivity index (χ3v) is 9.90. The highest BCUT2D eigenvalue weighted by Gasteiger charge is 2.45. The van der Waals surface area contributed by atoms with Crippen LogP contribution in [0.1, 0.15) is 25.6 Å². The van der Waals surface area contributed by atoms with Crippen molar-refractivity contribution in [1.29, 1.82) is 0 Å². The third-order valence-electron chi connectivity index (χ3n) is 5.19. The van der Waals surface area contributed by atoms with Crippen LogP contribution in [0, 0.1) is 5.82 Å². The van der Waals surface area contributed by atoms with Crippen LogP contribution >= 0.6 is 11.3 Å². The third kappa shape index (κ3) is 3.84. The number of benzene rings is 2. The van der Waals surface area contributed by atoms with Crippen molar-refractivity contribution in [3.8, 4) is 21.6 Å². The van der Waals surface area contributed by atoms with Crippen molar-refractivity contribution >= 4 is 31.2 Å². The fourth-order valence-electron chi connectivity index (χ4n) is 3.70. The van der Waals surface area contributed by atoms with E-state index in [1.165, 1.54) is 39.9 Å². The molecule has 0 aliphatic carbocycles. The molecular formula is C22H22FNO4S3. The molecule has 2 aromatic carbocycles. The molecule has 1 aliphatic heterocycles. The fourth-order valence-corrected chi connectivity index (χ4v) is 8.20. The van der Waals surface area contributed by atoms with Gasteiger partial charge in [0.05, 0.1) is 11.4 Å². The topological polar surface area (TPSA) is 71.5 Å². The van der Waals surface area contributed by atoms with Gasteiger partial charge in [0.2, 0.25) is 10.0 Å². The minimum Gasteiger partial charge on any atom is -0.224 e. The molecule has 4 rings (SSSR count). The van der Waals surface area contributed by atoms with E-state index in [0.717, 1.165) is 11.1 Å². The van der Waals surface area contributed by atoms with Crippen LogP contribution in [0.2, 0.25) is 0 Å². The Kier molecular flexibility index (Phi) is 5.16. The zero-order valence-electron chi connectivity index (χ0n) is 17.5. The van der Waals surface area contributed by atoms with E-state index < -0.39 is 31.2 Å². The van der Waals surface area contributed by atoms with Gasteiger partial charge in [0, 0.05) is 27.1 Å². The first-order chi connectivity index (χ1) is 14.3. The highest BCUT2D eigenvalue weighted by molar-refractivity contribution is 7.90. The molecule has 0 unspecified atom stereocenters. The molecule has 9 heteroatoms. The molecule has 0 fully saturated rings. The quantitative estimate of drug-likeness (QED) is 0.534. The SMILES string of the molecule is CC(C)(C)N1Cc2sc(-c3ccc(S(C)(=O)=O)cc3)c(-c3ccc(F)cc3)c2S1(=O)=O. The summed E-state index contributed by atoms with van der Waals surface area (Å²) in [6, 6.07) is 12.1. The van der Waals surface area contributed by atoms with Gasteiger partial charge in [-0.3, -0.25) is 0 Å². The van der Waals surface area contributed by atoms with Gasteiger partial charge in [-0.25, -0.2) is 21.2 Å². The van der Waals surface area contributed by atoms with Crippen molar-refractivity contribution in [2.45, 2.75) is 42.6 Å². The van der Waals surface area contributed by atoms with Crippen LogP contribution in [0.3, 0.4) is 0 Å². The van der Waals surface area contributed by atoms with Gasteiger partial charge >= 0.3 is 0 Å². The largest absolute Gasteiger partial charge is 0.245 e. The number of thiophene rings is 1. The molecule has 0 N–H and O–H groups in total. The maximum absolute atomic E-state index is 13.6. The maximum Gasteiger partial charge on any atom is 0.245 e. The second-order valence-corrected chi connectivity index (χ2v) is 13.5. The molecular weight excluding hydrogens is 457 g/mol. The van der Waals surface area contributed by atoms with E-state index in [4.69, 9.17) is 0 Å². The second kappa shape index (κ2) is 7.23. The standard InChI is InChI=1S/C22H22FNO4S3/c1-22(2,3)24-13-18-21(31(24,27)28)19(14-5-9-16(23)10-6-14)20(29-18)15-7-11-17(12-8-15)30(4,25)26/h5-12H,13H2,1-4H3. The molecule has 2 heterocycles. The number of hydrogen-bond acceptors (Lipinski definition) is 5. The monoisotopic (exact) mass is 479 g/mol. The Morgan fingerprint density at radius 2 is 1.52 bits per heavy atom. The van der Waals surface area contributed by atoms with Crippen LogP contribution in [0.5, 0.6) is 0 Å². The second-order valence-electron chi connectivity index (χ2n) is 8.54. The molecule has 1 aliphatic rings. The van der Waals surface area contributed by atoms with Gasteiger partial charge in [0.1, 0.15) is 10.7 Å². The average molecular weight is 480 g/mol. The predicted molar refractivity (Wildman–Crippen MR) is 121 cm³/mol. The van der Waals surface area contributed by atoms with E-state index in [9.17, 15) is 21.2 Å². The smallest absolute Gasteiger partial charge is 0.224 e. The van der Waals surface area contributed by atoms with E-state index in [0.29, 0.717) is 21.6 Å². The number of fused-ring (bicyclic) bond motifs is 1. The summed E-state index contributed by atoms with van der Waals surface area (Å²) < 4.78 is 65.7. The van der Waals surface area contributed by atoms with E-state index in [2.05, 4.69) is 0 Å². The van der Waals surface area contributed by atoms with Crippen molar-refractivity contribution < 1.29 is 21.2 Å². The van der Waals surface area contributed by atoms with Crippen molar-refractivity contribution in [2.75, 3.05) is 6.26 Å². The Morgan fingerprint density at radius 1 is 0.968 bits per heavy atom. The summed E-state index contributed by atoms with van der Waals surface area (Å²) in [5.74, 6) is -0.408. The lowest BCUT2D eigenvalue weighted by molar-refractivity contribution is 0.253. The van der Waals surface area contributed by atoms with Crippen LogP contribution in [0.25, 0.3) is 21.6 Å². The predicted octanol–water partition coefficient (Wildman–Crippen LogP) is 4.93. The number of sulfonamides is 1. The van der Waals surface area contributed by atoms with Gasteiger partial charge in [-0.05, 0) is 56.2 Å². The molecule has 3 aromatic rings. The number of rotatable bonds is 3. The van der Waals surface area contributed by atoms with Gasteiger partial charge < -0.3 is 0 Å². The number of sulfone groups is 1. The Hall–Kier alpha value is -2.07. The summed E-state index contributed by atoms with van der Waals surface area (Å²) in [5.41, 5.74) is 1.25. The summed E-state index contributed by atoms with van der Waals surface area (Å²) in [6.07, 6.45) is 1.14. The van der Waals surface area contributed by atoms with Crippen LogP contribution in [-0.2, 0) is 26.4 Å². The van der Waals surface area contributed by atoms with Gasteiger partial charge in [-0.15, -0.1) is 11.3 Å². The Bertz CT molecular complexity index is 1370. The molecule has 1 aromatic heterocycles. The van der Waals surface area contributed by atoms with Crippen molar-refractivity contribution in [1.82, 2.24) is 4.31 Å². The zero-order valence-corrected chi connectivity index (χ0v) is 20.0. The van der Waals surface area contributed by atoms with Gasteiger partial charge in [-0.2, -0.15) is 4.31 Å². The average Bonchev–Trinajstić information content (AvgIpc) is 3.17. The van der Waals surface area contributed by atoms with E-state index in [1.54, 1.807) is 24.3 Å². The van der Waals surface area contributed by atoms with E-state index >= 15 is 0 Å². The lowest BCUT2D eigenvalue weighted by Gasteiger charge is -2.30. The van der Waals surface area contributed by atoms with Gasteiger partial charge in [0.25, 0.3) is 0 Å². The van der Waals surface area contributed by atoms with Gasteiger partial charge in [-0.1, -0.05) is 24.3 Å². The summed E-state index contributed by atoms with van der Waals surface area (Å²) in [7, 11) is -7.11. The van der Waals surface area contributed by atoms with Crippen molar-refractivity contribution in [2.24, 2.45) is 0 Å². The number of nitrogens with zero attached hydrogens (tertiary/aromatic N) is 1. The summed E-state index contributed by atoms with van der Waals surface area (Å²) in [6.45, 7) is 5.82. The lowest BCUT2D eigenvalue weighted by atomic mass is 10.0. The normalized spacial score (nSPS) is 16.4. The maximum atomic E-state index is 13.6. The zero-order chi connectivity index (χ0) is 22.8. The van der Waals surface area contributed by atoms with Crippen molar-refractivity contribution in [3.05, 3.63) is 59.2 Å². The van der Waals surface area contributed by atoms with Crippen LogP contribution in [0.4, 0.5) is 4.39 Å². The Labute approximate surface area is 186 Å². The number of hydrogen-bond donors (Lipinski definition) is 0. The summed E-state index contributed by atoms with van der Waals surface area (Å²) in [5, 5.41) is 0. The van der Waals surface area contributed by atoms with Gasteiger partial charge in [0.15, 0.2) is 9.84 Å². The fraction of sp³-hybridized carbons (Fsp3) is 0.273. The van der Waals surface area contributed by atoms with Crippen LogP contribution in [-0.4, -0.2) is 32.9 Å². The first-order valence-electron chi connectivity index (χ1n) is 9.55. The molecule has 0 amide bonds. The molecule has 0 bridgehead atoms. The lowest BCUT2D eigenvalue weighted by Crippen LogP contribution is -2.41. The van der Waals surface area contributed by atoms with Crippen LogP contribution < -0.4 is 0 Å². The Morgan fingerprint density at radius 3 is 2.03 bits per heavy atom. The highest BCUT2D eigenvalue weighted by Crippen LogP contribution is 2.51. The molecule has 0 spiro atoms. The summed E-state index contributed by atoms with van der Waals surface area (Å²) >= 11 is 1.37. The minimum atomic E-state index is -3.76. The molecule has 0 radical (unpaired) electrons. The molecule has 164 valence electrons. The molecule has 31 heavy (non-hydrogen) atoms.